The van der Waals surface area contributed by atoms with Crippen molar-refractivity contribution in [3.05, 3.63) is 0 Å². The highest BCUT2D eigenvalue weighted by Crippen LogP contribution is 2.45. The summed E-state index contributed by atoms with van der Waals surface area (Å²) in [6.07, 6.45) is -1.02. The van der Waals surface area contributed by atoms with Gasteiger partial charge in [-0.05, 0) is 11.3 Å². The third kappa shape index (κ3) is 0.700. The fraction of sp³-hybridized carbons (Fsp3) is 1.00. The smallest absolute Gasteiger partial charge is 0.0856 e. The summed E-state index contributed by atoms with van der Waals surface area (Å²) in [6.45, 7) is 5.89. The molecule has 0 aliphatic heterocycles. The van der Waals surface area contributed by atoms with E-state index in [2.05, 4.69) is 0 Å². The van der Waals surface area contributed by atoms with E-state index < -0.39 is 12.2 Å². The summed E-state index contributed by atoms with van der Waals surface area (Å²) in [7, 11) is 0. The number of rotatable bonds is 0. The molecule has 0 bridgehead atoms. The van der Waals surface area contributed by atoms with Crippen LogP contribution in [0.15, 0.2) is 0 Å². The predicted molar refractivity (Wildman–Crippen MR) is 35.0 cm³/mol. The summed E-state index contributed by atoms with van der Waals surface area (Å²) in [5.41, 5.74) is -0.0839. The summed E-state index contributed by atoms with van der Waals surface area (Å²) >= 11 is 0. The van der Waals surface area contributed by atoms with Gasteiger partial charge in [0.1, 0.15) is 0 Å². The summed E-state index contributed by atoms with van der Waals surface area (Å²) in [5.74, 6) is 0.229. The fourth-order valence-corrected chi connectivity index (χ4v) is 1.30. The minimum absolute atomic E-state index is 0.0839. The zero-order chi connectivity index (χ0) is 7.23. The molecular weight excluding hydrogens is 116 g/mol. The van der Waals surface area contributed by atoms with Gasteiger partial charge in [0.15, 0.2) is 0 Å². The van der Waals surface area contributed by atoms with Gasteiger partial charge in [-0.25, -0.2) is 0 Å². The van der Waals surface area contributed by atoms with Gasteiger partial charge in [-0.3, -0.25) is 0 Å². The van der Waals surface area contributed by atoms with E-state index in [1.54, 1.807) is 0 Å². The number of hydrogen-bond acceptors (Lipinski definition) is 2. The molecule has 3 atom stereocenters. The first-order chi connectivity index (χ1) is 3.98. The van der Waals surface area contributed by atoms with Crippen LogP contribution in [0.3, 0.4) is 0 Å². The minimum Gasteiger partial charge on any atom is -0.390 e. The van der Waals surface area contributed by atoms with E-state index >= 15 is 0 Å². The van der Waals surface area contributed by atoms with Crippen LogP contribution in [0.25, 0.3) is 0 Å². The van der Waals surface area contributed by atoms with Gasteiger partial charge < -0.3 is 10.2 Å². The van der Waals surface area contributed by atoms with Crippen LogP contribution in [0, 0.1) is 11.3 Å². The molecule has 0 aromatic heterocycles. The molecule has 0 aromatic rings. The standard InChI is InChI=1S/C7H14O2/c1-4-5(8)6(9)7(4,2)3/h4-6,8-9H,1-3H3/t4?,5-,6-/m1/s1. The van der Waals surface area contributed by atoms with Crippen LogP contribution in [0.2, 0.25) is 0 Å². The van der Waals surface area contributed by atoms with Crippen molar-refractivity contribution in [2.75, 3.05) is 0 Å². The van der Waals surface area contributed by atoms with Crippen LogP contribution in [-0.2, 0) is 0 Å². The van der Waals surface area contributed by atoms with Crippen molar-refractivity contribution in [2.45, 2.75) is 33.0 Å². The highest BCUT2D eigenvalue weighted by atomic mass is 16.3. The monoisotopic (exact) mass is 130 g/mol. The van der Waals surface area contributed by atoms with Gasteiger partial charge in [0.2, 0.25) is 0 Å². The molecule has 0 amide bonds. The highest BCUT2D eigenvalue weighted by molar-refractivity contribution is 5.01. The first-order valence-corrected chi connectivity index (χ1v) is 3.34. The van der Waals surface area contributed by atoms with E-state index in [1.165, 1.54) is 0 Å². The third-order valence-electron chi connectivity index (χ3n) is 2.77. The van der Waals surface area contributed by atoms with Crippen molar-refractivity contribution in [3.8, 4) is 0 Å². The molecular formula is C7H14O2. The van der Waals surface area contributed by atoms with Crippen molar-refractivity contribution in [1.82, 2.24) is 0 Å². The van der Waals surface area contributed by atoms with Crippen LogP contribution < -0.4 is 0 Å². The molecule has 1 aliphatic rings. The van der Waals surface area contributed by atoms with E-state index in [0.717, 1.165) is 0 Å². The molecule has 1 aliphatic carbocycles. The van der Waals surface area contributed by atoms with Crippen LogP contribution in [0.4, 0.5) is 0 Å². The average Bonchev–Trinajstić information content (AvgIpc) is 1.84. The number of aliphatic hydroxyl groups excluding tert-OH is 2. The lowest BCUT2D eigenvalue weighted by Gasteiger charge is -2.51. The normalized spacial score (nSPS) is 48.3. The lowest BCUT2D eigenvalue weighted by Crippen LogP contribution is -2.60. The molecule has 0 heterocycles. The maximum Gasteiger partial charge on any atom is 0.0856 e. The van der Waals surface area contributed by atoms with Crippen molar-refractivity contribution >= 4 is 0 Å². The Bertz CT molecular complexity index is 108. The van der Waals surface area contributed by atoms with Gasteiger partial charge in [0.25, 0.3) is 0 Å². The Morgan fingerprint density at radius 1 is 1.22 bits per heavy atom. The lowest BCUT2D eigenvalue weighted by molar-refractivity contribution is -0.194. The van der Waals surface area contributed by atoms with Crippen LogP contribution >= 0.6 is 0 Å². The molecule has 2 N–H and O–H groups in total. The SMILES string of the molecule is CC1[C@@H](O)[C@@H](O)C1(C)C. The zero-order valence-corrected chi connectivity index (χ0v) is 6.13. The van der Waals surface area contributed by atoms with Crippen molar-refractivity contribution in [3.63, 3.8) is 0 Å². The molecule has 2 nitrogen and oxygen atoms in total. The Hall–Kier alpha value is -0.0800. The Morgan fingerprint density at radius 2 is 1.67 bits per heavy atom. The Morgan fingerprint density at radius 3 is 1.78 bits per heavy atom. The predicted octanol–water partition coefficient (Wildman–Crippen LogP) is 0.384. The summed E-state index contributed by atoms with van der Waals surface area (Å²) in [4.78, 5) is 0. The molecule has 0 spiro atoms. The Labute approximate surface area is 55.5 Å². The van der Waals surface area contributed by atoms with Crippen molar-refractivity contribution in [1.29, 1.82) is 0 Å². The first-order valence-electron chi connectivity index (χ1n) is 3.34. The third-order valence-corrected chi connectivity index (χ3v) is 2.77. The first kappa shape index (κ1) is 7.03. The van der Waals surface area contributed by atoms with Crippen molar-refractivity contribution < 1.29 is 10.2 Å². The van der Waals surface area contributed by atoms with Gasteiger partial charge in [-0.1, -0.05) is 20.8 Å². The summed E-state index contributed by atoms with van der Waals surface area (Å²) in [6, 6.07) is 0. The van der Waals surface area contributed by atoms with Gasteiger partial charge >= 0.3 is 0 Å². The number of hydrogen-bond donors (Lipinski definition) is 2. The van der Waals surface area contributed by atoms with Crippen LogP contribution in [-0.4, -0.2) is 22.4 Å². The maximum atomic E-state index is 9.16. The maximum absolute atomic E-state index is 9.16. The molecule has 9 heavy (non-hydrogen) atoms. The van der Waals surface area contributed by atoms with Gasteiger partial charge in [0, 0.05) is 0 Å². The second-order valence-corrected chi connectivity index (χ2v) is 3.55. The van der Waals surface area contributed by atoms with Crippen LogP contribution in [0.1, 0.15) is 20.8 Å². The minimum atomic E-state index is -0.521. The summed E-state index contributed by atoms with van der Waals surface area (Å²) in [5, 5.41) is 18.2. The van der Waals surface area contributed by atoms with E-state index in [0.29, 0.717) is 0 Å². The van der Waals surface area contributed by atoms with Crippen molar-refractivity contribution in [2.24, 2.45) is 11.3 Å². The molecule has 1 rings (SSSR count). The zero-order valence-electron chi connectivity index (χ0n) is 6.13. The molecule has 1 fully saturated rings. The largest absolute Gasteiger partial charge is 0.390 e. The second kappa shape index (κ2) is 1.70. The van der Waals surface area contributed by atoms with E-state index in [-0.39, 0.29) is 11.3 Å². The summed E-state index contributed by atoms with van der Waals surface area (Å²) < 4.78 is 0. The molecule has 0 radical (unpaired) electrons. The quantitative estimate of drug-likeness (QED) is 0.498. The lowest BCUT2D eigenvalue weighted by atomic mass is 9.59. The molecule has 0 aromatic carbocycles. The number of aliphatic hydroxyl groups is 2. The molecule has 54 valence electrons. The molecule has 0 saturated heterocycles. The fourth-order valence-electron chi connectivity index (χ4n) is 1.30. The van der Waals surface area contributed by atoms with Gasteiger partial charge in [0.05, 0.1) is 12.2 Å². The van der Waals surface area contributed by atoms with E-state index in [4.69, 9.17) is 10.2 Å². The van der Waals surface area contributed by atoms with E-state index in [1.807, 2.05) is 20.8 Å². The highest BCUT2D eigenvalue weighted by Gasteiger charge is 2.52. The Kier molecular flexibility index (Phi) is 1.33. The Balaban J connectivity index is 2.62. The molecule has 1 unspecified atom stereocenters. The second-order valence-electron chi connectivity index (χ2n) is 3.55. The van der Waals surface area contributed by atoms with Crippen LogP contribution in [0.5, 0.6) is 0 Å². The van der Waals surface area contributed by atoms with E-state index in [9.17, 15) is 0 Å². The van der Waals surface area contributed by atoms with Gasteiger partial charge in [-0.2, -0.15) is 0 Å². The average molecular weight is 130 g/mol. The van der Waals surface area contributed by atoms with Gasteiger partial charge in [-0.15, -0.1) is 0 Å². The topological polar surface area (TPSA) is 40.5 Å². The molecule has 2 heteroatoms. The molecule has 1 saturated carbocycles.